The molecule has 2 heterocycles. The lowest BCUT2D eigenvalue weighted by Crippen LogP contribution is -2.45. The highest BCUT2D eigenvalue weighted by Gasteiger charge is 2.32. The molecule has 108 valence electrons. The Morgan fingerprint density at radius 3 is 2.95 bits per heavy atom. The van der Waals surface area contributed by atoms with Gasteiger partial charge in [0.1, 0.15) is 0 Å². The minimum atomic E-state index is -0.883. The van der Waals surface area contributed by atoms with Gasteiger partial charge in [-0.25, -0.2) is 4.79 Å². The number of ether oxygens (including phenoxy) is 1. The summed E-state index contributed by atoms with van der Waals surface area (Å²) in [6, 6.07) is 5.28. The van der Waals surface area contributed by atoms with Crippen molar-refractivity contribution >= 4 is 17.3 Å². The second kappa shape index (κ2) is 5.32. The maximum atomic E-state index is 11.1. The molecule has 0 spiro atoms. The predicted octanol–water partition coefficient (Wildman–Crippen LogP) is 2.53. The van der Waals surface area contributed by atoms with E-state index >= 15 is 0 Å². The third-order valence-corrected chi connectivity index (χ3v) is 4.01. The third kappa shape index (κ3) is 2.33. The molecule has 0 radical (unpaired) electrons. The zero-order valence-electron chi connectivity index (χ0n) is 11.6. The number of fused-ring (bicyclic) bond motifs is 1. The van der Waals surface area contributed by atoms with E-state index in [1.54, 1.807) is 12.1 Å². The van der Waals surface area contributed by atoms with E-state index < -0.39 is 5.97 Å². The molecule has 1 aromatic rings. The summed E-state index contributed by atoms with van der Waals surface area (Å²) in [6.07, 6.45) is 3.71. The van der Waals surface area contributed by atoms with Crippen LogP contribution in [0.5, 0.6) is 0 Å². The third-order valence-electron chi connectivity index (χ3n) is 4.01. The lowest BCUT2D eigenvalue weighted by atomic mass is 10.1. The number of carboxylic acid groups (broad SMARTS) is 1. The molecule has 20 heavy (non-hydrogen) atoms. The molecule has 1 aromatic carbocycles. The smallest absolute Gasteiger partial charge is 0.335 e. The van der Waals surface area contributed by atoms with E-state index in [-0.39, 0.29) is 12.3 Å². The number of nitrogens with one attached hydrogen (secondary N) is 1. The van der Waals surface area contributed by atoms with E-state index in [0.717, 1.165) is 43.8 Å². The molecule has 2 aliphatic heterocycles. The van der Waals surface area contributed by atoms with Gasteiger partial charge in [0.25, 0.3) is 0 Å². The van der Waals surface area contributed by atoms with Crippen LogP contribution in [-0.4, -0.2) is 36.5 Å². The maximum absolute atomic E-state index is 11.1. The Bertz CT molecular complexity index is 514. The molecule has 3 rings (SSSR count). The van der Waals surface area contributed by atoms with Crippen molar-refractivity contribution in [2.24, 2.45) is 0 Å². The van der Waals surface area contributed by atoms with Gasteiger partial charge < -0.3 is 20.1 Å². The summed E-state index contributed by atoms with van der Waals surface area (Å²) in [4.78, 5) is 13.4. The number of rotatable bonds is 5. The first kappa shape index (κ1) is 13.2. The van der Waals surface area contributed by atoms with Crippen LogP contribution >= 0.6 is 0 Å². The monoisotopic (exact) mass is 276 g/mol. The number of hydrogen-bond acceptors (Lipinski definition) is 4. The van der Waals surface area contributed by atoms with Gasteiger partial charge in [-0.15, -0.1) is 0 Å². The molecule has 1 fully saturated rings. The van der Waals surface area contributed by atoms with E-state index in [1.165, 1.54) is 0 Å². The second-order valence-corrected chi connectivity index (χ2v) is 5.42. The summed E-state index contributed by atoms with van der Waals surface area (Å²) in [7, 11) is 0. The molecular formula is C15H20N2O3. The van der Waals surface area contributed by atoms with Crippen LogP contribution in [0.2, 0.25) is 0 Å². The van der Waals surface area contributed by atoms with E-state index in [0.29, 0.717) is 5.56 Å². The van der Waals surface area contributed by atoms with Crippen LogP contribution in [0.15, 0.2) is 18.2 Å². The number of aromatic carboxylic acids is 1. The van der Waals surface area contributed by atoms with Crippen LogP contribution in [0.3, 0.4) is 0 Å². The molecule has 1 saturated heterocycles. The minimum Gasteiger partial charge on any atom is -0.478 e. The topological polar surface area (TPSA) is 61.8 Å². The lowest BCUT2D eigenvalue weighted by Gasteiger charge is -2.34. The SMILES string of the molecule is CCCC1Nc2ccc(C(=O)O)cc2N1CC1CCO1. The summed E-state index contributed by atoms with van der Waals surface area (Å²) in [5.41, 5.74) is 2.34. The fourth-order valence-electron chi connectivity index (χ4n) is 2.82. The first-order valence-electron chi connectivity index (χ1n) is 7.21. The van der Waals surface area contributed by atoms with Crippen molar-refractivity contribution < 1.29 is 14.6 Å². The van der Waals surface area contributed by atoms with Gasteiger partial charge in [0.15, 0.2) is 0 Å². The van der Waals surface area contributed by atoms with Crippen molar-refractivity contribution in [2.75, 3.05) is 23.4 Å². The van der Waals surface area contributed by atoms with E-state index in [4.69, 9.17) is 9.84 Å². The van der Waals surface area contributed by atoms with E-state index in [2.05, 4.69) is 17.1 Å². The highest BCUT2D eigenvalue weighted by molar-refractivity contribution is 5.92. The van der Waals surface area contributed by atoms with E-state index in [9.17, 15) is 4.79 Å². The van der Waals surface area contributed by atoms with Crippen LogP contribution in [0.25, 0.3) is 0 Å². The van der Waals surface area contributed by atoms with Crippen LogP contribution < -0.4 is 10.2 Å². The van der Waals surface area contributed by atoms with Gasteiger partial charge in [-0.3, -0.25) is 0 Å². The molecule has 2 aliphatic rings. The van der Waals surface area contributed by atoms with Gasteiger partial charge in [-0.2, -0.15) is 0 Å². The quantitative estimate of drug-likeness (QED) is 0.865. The summed E-state index contributed by atoms with van der Waals surface area (Å²) in [5, 5.41) is 12.6. The average molecular weight is 276 g/mol. The first-order valence-corrected chi connectivity index (χ1v) is 7.21. The number of carbonyl (C=O) groups is 1. The normalized spacial score (nSPS) is 23.9. The van der Waals surface area contributed by atoms with Gasteiger partial charge >= 0.3 is 5.97 Å². The van der Waals surface area contributed by atoms with Gasteiger partial charge in [-0.05, 0) is 31.0 Å². The van der Waals surface area contributed by atoms with Crippen molar-refractivity contribution in [2.45, 2.75) is 38.5 Å². The zero-order chi connectivity index (χ0) is 14.1. The Hall–Kier alpha value is -1.75. The van der Waals surface area contributed by atoms with Gasteiger partial charge in [0, 0.05) is 13.2 Å². The molecule has 2 N–H and O–H groups in total. The fourth-order valence-corrected chi connectivity index (χ4v) is 2.82. The van der Waals surface area contributed by atoms with Crippen molar-refractivity contribution in [1.29, 1.82) is 0 Å². The molecule has 0 aromatic heterocycles. The standard InChI is InChI=1S/C15H20N2O3/c1-2-3-14-16-12-5-4-10(15(18)19)8-13(12)17(14)9-11-6-7-20-11/h4-5,8,11,14,16H,2-3,6-7,9H2,1H3,(H,18,19). The number of benzene rings is 1. The number of carboxylic acids is 1. The van der Waals surface area contributed by atoms with Crippen molar-refractivity contribution in [1.82, 2.24) is 0 Å². The molecule has 5 nitrogen and oxygen atoms in total. The highest BCUT2D eigenvalue weighted by atomic mass is 16.5. The molecule has 2 atom stereocenters. The molecule has 0 amide bonds. The predicted molar refractivity (Wildman–Crippen MR) is 77.4 cm³/mol. The largest absolute Gasteiger partial charge is 0.478 e. The van der Waals surface area contributed by atoms with Crippen molar-refractivity contribution in [3.8, 4) is 0 Å². The molecule has 5 heteroatoms. The maximum Gasteiger partial charge on any atom is 0.335 e. The van der Waals surface area contributed by atoms with Crippen LogP contribution in [0.1, 0.15) is 36.5 Å². The first-order chi connectivity index (χ1) is 9.69. The Morgan fingerprint density at radius 2 is 2.35 bits per heavy atom. The molecule has 2 unspecified atom stereocenters. The molecular weight excluding hydrogens is 256 g/mol. The molecule has 0 saturated carbocycles. The van der Waals surface area contributed by atoms with Gasteiger partial charge in [-0.1, -0.05) is 13.3 Å². The average Bonchev–Trinajstić information content (AvgIpc) is 2.71. The van der Waals surface area contributed by atoms with Crippen LogP contribution in [0.4, 0.5) is 11.4 Å². The molecule has 0 bridgehead atoms. The minimum absolute atomic E-state index is 0.239. The second-order valence-electron chi connectivity index (χ2n) is 5.42. The Labute approximate surface area is 118 Å². The Kier molecular flexibility index (Phi) is 3.53. The summed E-state index contributed by atoms with van der Waals surface area (Å²) >= 11 is 0. The summed E-state index contributed by atoms with van der Waals surface area (Å²) < 4.78 is 5.53. The fraction of sp³-hybridized carbons (Fsp3) is 0.533. The number of nitrogens with zero attached hydrogens (tertiary/aromatic N) is 1. The summed E-state index contributed by atoms with van der Waals surface area (Å²) in [5.74, 6) is -0.883. The van der Waals surface area contributed by atoms with Gasteiger partial charge in [0.2, 0.25) is 0 Å². The van der Waals surface area contributed by atoms with Gasteiger partial charge in [0.05, 0.1) is 29.2 Å². The lowest BCUT2D eigenvalue weighted by molar-refractivity contribution is -0.0450. The van der Waals surface area contributed by atoms with E-state index in [1.807, 2.05) is 6.07 Å². The highest BCUT2D eigenvalue weighted by Crippen LogP contribution is 2.37. The van der Waals surface area contributed by atoms with Crippen LogP contribution in [0, 0.1) is 0 Å². The Morgan fingerprint density at radius 1 is 1.55 bits per heavy atom. The number of anilines is 2. The van der Waals surface area contributed by atoms with Crippen molar-refractivity contribution in [3.63, 3.8) is 0 Å². The van der Waals surface area contributed by atoms with Crippen LogP contribution in [-0.2, 0) is 4.74 Å². The number of hydrogen-bond donors (Lipinski definition) is 2. The molecule has 0 aliphatic carbocycles. The summed E-state index contributed by atoms with van der Waals surface area (Å²) in [6.45, 7) is 3.82. The van der Waals surface area contributed by atoms with Crippen molar-refractivity contribution in [3.05, 3.63) is 23.8 Å². The zero-order valence-corrected chi connectivity index (χ0v) is 11.6. The Balaban J connectivity index is 1.87.